The molecule has 0 radical (unpaired) electrons. The minimum Gasteiger partial charge on any atom is -0.472 e. The van der Waals surface area contributed by atoms with Gasteiger partial charge in [-0.15, -0.1) is 0 Å². The Morgan fingerprint density at radius 3 is 2.32 bits per heavy atom. The molecule has 96 valence electrons. The highest BCUT2D eigenvalue weighted by molar-refractivity contribution is 6.89. The summed E-state index contributed by atoms with van der Waals surface area (Å²) in [5.74, 6) is 0. The van der Waals surface area contributed by atoms with Crippen molar-refractivity contribution in [2.45, 2.75) is 19.6 Å². The standard InChI is InChI=1S/C17H18OSi/c1-19(2,3)17-12-18-11-16(17)15-10-6-8-13-7-4-5-9-14(13)15/h4-12H,1-3H3. The normalized spacial score (nSPS) is 11.9. The summed E-state index contributed by atoms with van der Waals surface area (Å²) in [5.41, 5.74) is 2.54. The maximum atomic E-state index is 5.51. The topological polar surface area (TPSA) is 13.1 Å². The lowest BCUT2D eigenvalue weighted by atomic mass is 10.0. The van der Waals surface area contributed by atoms with E-state index in [4.69, 9.17) is 4.42 Å². The van der Waals surface area contributed by atoms with Crippen molar-refractivity contribution in [1.29, 1.82) is 0 Å². The van der Waals surface area contributed by atoms with Gasteiger partial charge in [-0.3, -0.25) is 0 Å². The third-order valence-electron chi connectivity index (χ3n) is 3.55. The molecule has 0 aliphatic carbocycles. The van der Waals surface area contributed by atoms with Gasteiger partial charge < -0.3 is 4.42 Å². The average molecular weight is 266 g/mol. The van der Waals surface area contributed by atoms with Gasteiger partial charge in [0.1, 0.15) is 0 Å². The number of benzene rings is 2. The van der Waals surface area contributed by atoms with E-state index in [-0.39, 0.29) is 0 Å². The molecule has 0 spiro atoms. The van der Waals surface area contributed by atoms with Gasteiger partial charge in [0.25, 0.3) is 0 Å². The van der Waals surface area contributed by atoms with Crippen LogP contribution in [0.25, 0.3) is 21.9 Å². The Kier molecular flexibility index (Phi) is 2.83. The van der Waals surface area contributed by atoms with Crippen LogP contribution >= 0.6 is 0 Å². The molecule has 19 heavy (non-hydrogen) atoms. The molecule has 0 N–H and O–H groups in total. The molecule has 3 rings (SSSR count). The van der Waals surface area contributed by atoms with Crippen LogP contribution in [0.2, 0.25) is 19.6 Å². The van der Waals surface area contributed by atoms with E-state index in [0.29, 0.717) is 0 Å². The van der Waals surface area contributed by atoms with Gasteiger partial charge in [-0.05, 0) is 21.5 Å². The number of hydrogen-bond acceptors (Lipinski definition) is 1. The van der Waals surface area contributed by atoms with Crippen molar-refractivity contribution in [3.05, 3.63) is 55.0 Å². The van der Waals surface area contributed by atoms with Gasteiger partial charge >= 0.3 is 0 Å². The molecule has 0 saturated carbocycles. The average Bonchev–Trinajstić information content (AvgIpc) is 2.87. The first-order valence-electron chi connectivity index (χ1n) is 6.62. The minimum absolute atomic E-state index is 1.26. The van der Waals surface area contributed by atoms with Crippen LogP contribution < -0.4 is 5.19 Å². The highest BCUT2D eigenvalue weighted by Gasteiger charge is 2.23. The van der Waals surface area contributed by atoms with Crippen molar-refractivity contribution < 1.29 is 4.42 Å². The predicted octanol–water partition coefficient (Wildman–Crippen LogP) is 4.65. The highest BCUT2D eigenvalue weighted by Crippen LogP contribution is 2.29. The van der Waals surface area contributed by atoms with Crippen LogP contribution in [0.4, 0.5) is 0 Å². The number of fused-ring (bicyclic) bond motifs is 1. The van der Waals surface area contributed by atoms with E-state index in [2.05, 4.69) is 62.1 Å². The van der Waals surface area contributed by atoms with Crippen molar-refractivity contribution in [3.8, 4) is 11.1 Å². The molecule has 0 atom stereocenters. The van der Waals surface area contributed by atoms with Gasteiger partial charge in [-0.25, -0.2) is 0 Å². The summed E-state index contributed by atoms with van der Waals surface area (Å²) < 4.78 is 5.51. The fourth-order valence-electron chi connectivity index (χ4n) is 2.55. The van der Waals surface area contributed by atoms with Gasteiger partial charge in [0.05, 0.1) is 20.6 Å². The second-order valence-electron chi connectivity index (χ2n) is 5.98. The second kappa shape index (κ2) is 4.39. The molecule has 1 heterocycles. The van der Waals surface area contributed by atoms with Crippen molar-refractivity contribution in [2.75, 3.05) is 0 Å². The summed E-state index contributed by atoms with van der Waals surface area (Å²) in [6, 6.07) is 15.0. The van der Waals surface area contributed by atoms with E-state index in [1.54, 1.807) is 0 Å². The third-order valence-corrected chi connectivity index (χ3v) is 5.55. The number of rotatable bonds is 2. The van der Waals surface area contributed by atoms with Gasteiger partial charge in [0.15, 0.2) is 0 Å². The molecule has 0 fully saturated rings. The molecule has 1 aromatic heterocycles. The largest absolute Gasteiger partial charge is 0.472 e. The van der Waals surface area contributed by atoms with E-state index in [1.807, 2.05) is 12.5 Å². The minimum atomic E-state index is -1.39. The van der Waals surface area contributed by atoms with Crippen molar-refractivity contribution in [1.82, 2.24) is 0 Å². The van der Waals surface area contributed by atoms with Crippen molar-refractivity contribution in [2.24, 2.45) is 0 Å². The van der Waals surface area contributed by atoms with Crippen molar-refractivity contribution in [3.63, 3.8) is 0 Å². The van der Waals surface area contributed by atoms with Crippen LogP contribution in [0.15, 0.2) is 59.4 Å². The molecule has 3 aromatic rings. The molecule has 1 nitrogen and oxygen atoms in total. The van der Waals surface area contributed by atoms with E-state index in [9.17, 15) is 0 Å². The summed E-state index contributed by atoms with van der Waals surface area (Å²) in [6.07, 6.45) is 3.83. The van der Waals surface area contributed by atoms with Gasteiger partial charge in [-0.1, -0.05) is 62.1 Å². The Morgan fingerprint density at radius 1 is 0.789 bits per heavy atom. The molecule has 0 bridgehead atoms. The SMILES string of the molecule is C[Si](C)(C)c1cocc1-c1cccc2ccccc12. The van der Waals surface area contributed by atoms with Crippen LogP contribution in [0.1, 0.15) is 0 Å². The first kappa shape index (κ1) is 12.2. The quantitative estimate of drug-likeness (QED) is 0.616. The second-order valence-corrected chi connectivity index (χ2v) is 11.0. The number of furan rings is 1. The van der Waals surface area contributed by atoms with Gasteiger partial charge in [-0.2, -0.15) is 0 Å². The highest BCUT2D eigenvalue weighted by atomic mass is 28.3. The van der Waals surface area contributed by atoms with Crippen LogP contribution in [0.3, 0.4) is 0 Å². The molecular formula is C17H18OSi. The first-order chi connectivity index (χ1) is 9.07. The Balaban J connectivity index is 2.29. The van der Waals surface area contributed by atoms with Crippen molar-refractivity contribution >= 4 is 24.0 Å². The molecule has 2 heteroatoms. The van der Waals surface area contributed by atoms with Crippen LogP contribution in [-0.4, -0.2) is 8.07 Å². The van der Waals surface area contributed by atoms with E-state index >= 15 is 0 Å². The first-order valence-corrected chi connectivity index (χ1v) is 10.1. The lowest BCUT2D eigenvalue weighted by Gasteiger charge is -2.17. The molecule has 0 aliphatic heterocycles. The van der Waals surface area contributed by atoms with E-state index in [0.717, 1.165) is 0 Å². The maximum absolute atomic E-state index is 5.51. The summed E-state index contributed by atoms with van der Waals surface area (Å²) in [6.45, 7) is 7.06. The zero-order valence-electron chi connectivity index (χ0n) is 11.6. The fourth-order valence-corrected chi connectivity index (χ4v) is 3.97. The van der Waals surface area contributed by atoms with E-state index in [1.165, 1.54) is 27.1 Å². The summed E-state index contributed by atoms with van der Waals surface area (Å²) in [5, 5.41) is 3.97. The van der Waals surface area contributed by atoms with Crippen LogP contribution in [0, 0.1) is 0 Å². The lowest BCUT2D eigenvalue weighted by molar-refractivity contribution is 0.569. The predicted molar refractivity (Wildman–Crippen MR) is 84.6 cm³/mol. The smallest absolute Gasteiger partial charge is 0.0979 e. The van der Waals surface area contributed by atoms with E-state index < -0.39 is 8.07 Å². The summed E-state index contributed by atoms with van der Waals surface area (Å²) >= 11 is 0. The van der Waals surface area contributed by atoms with Crippen LogP contribution in [0.5, 0.6) is 0 Å². The molecular weight excluding hydrogens is 248 g/mol. The zero-order chi connectivity index (χ0) is 13.5. The monoisotopic (exact) mass is 266 g/mol. The van der Waals surface area contributed by atoms with Crippen LogP contribution in [-0.2, 0) is 0 Å². The third kappa shape index (κ3) is 2.12. The zero-order valence-corrected chi connectivity index (χ0v) is 12.6. The summed E-state index contributed by atoms with van der Waals surface area (Å²) in [7, 11) is -1.39. The maximum Gasteiger partial charge on any atom is 0.0979 e. The fraction of sp³-hybridized carbons (Fsp3) is 0.176. The number of hydrogen-bond donors (Lipinski definition) is 0. The molecule has 0 unspecified atom stereocenters. The Morgan fingerprint density at radius 2 is 1.53 bits per heavy atom. The summed E-state index contributed by atoms with van der Waals surface area (Å²) in [4.78, 5) is 0. The Labute approximate surface area is 114 Å². The lowest BCUT2D eigenvalue weighted by Crippen LogP contribution is -2.37. The molecule has 0 amide bonds. The Bertz CT molecular complexity index is 714. The van der Waals surface area contributed by atoms with Gasteiger partial charge in [0, 0.05) is 5.56 Å². The molecule has 2 aromatic carbocycles. The Hall–Kier alpha value is -1.80. The molecule has 0 saturated heterocycles. The van der Waals surface area contributed by atoms with Gasteiger partial charge in [0.2, 0.25) is 0 Å². The molecule has 0 aliphatic rings.